The number of pyridine rings is 1. The van der Waals surface area contributed by atoms with Crippen molar-refractivity contribution < 1.29 is 4.79 Å². The molecule has 18 heavy (non-hydrogen) atoms. The third-order valence-corrected chi connectivity index (χ3v) is 2.67. The molecule has 0 unspecified atom stereocenters. The predicted octanol–water partition coefficient (Wildman–Crippen LogP) is 2.47. The van der Waals surface area contributed by atoms with Crippen molar-refractivity contribution in [1.82, 2.24) is 10.3 Å². The van der Waals surface area contributed by atoms with Crippen molar-refractivity contribution in [2.24, 2.45) is 0 Å². The van der Waals surface area contributed by atoms with Gasteiger partial charge in [-0.05, 0) is 36.4 Å². The van der Waals surface area contributed by atoms with E-state index in [9.17, 15) is 4.79 Å². The molecule has 0 radical (unpaired) electrons. The maximum absolute atomic E-state index is 11.5. The van der Waals surface area contributed by atoms with Crippen molar-refractivity contribution in [3.8, 4) is 0 Å². The van der Waals surface area contributed by atoms with Crippen LogP contribution < -0.4 is 10.6 Å². The molecule has 0 aliphatic heterocycles. The number of rotatable bonds is 3. The van der Waals surface area contributed by atoms with Gasteiger partial charge < -0.3 is 10.6 Å². The number of nitrogens with one attached hydrogen (secondary N) is 2. The van der Waals surface area contributed by atoms with Crippen LogP contribution in [0.2, 0.25) is 0 Å². The minimum absolute atomic E-state index is 0.204. The highest BCUT2D eigenvalue weighted by Gasteiger charge is 2.05. The fourth-order valence-electron chi connectivity index (χ4n) is 1.47. The van der Waals surface area contributed by atoms with Crippen LogP contribution in [0.1, 0.15) is 10.5 Å². The van der Waals surface area contributed by atoms with Crippen LogP contribution in [0.15, 0.2) is 47.5 Å². The number of amides is 1. The van der Waals surface area contributed by atoms with Gasteiger partial charge in [0.2, 0.25) is 0 Å². The van der Waals surface area contributed by atoms with Crippen LogP contribution in [0.3, 0.4) is 0 Å². The first-order chi connectivity index (χ1) is 8.69. The number of hydrogen-bond donors (Lipinski definition) is 3. The van der Waals surface area contributed by atoms with E-state index >= 15 is 0 Å². The minimum atomic E-state index is -0.204. The first kappa shape index (κ1) is 12.4. The molecule has 1 aromatic heterocycles. The Bertz CT molecular complexity index is 554. The van der Waals surface area contributed by atoms with E-state index in [0.29, 0.717) is 5.69 Å². The lowest BCUT2D eigenvalue weighted by molar-refractivity contribution is 0.0958. The van der Waals surface area contributed by atoms with Crippen molar-refractivity contribution in [2.75, 3.05) is 12.4 Å². The number of carbonyl (C=O) groups excluding carboxylic acids is 1. The van der Waals surface area contributed by atoms with Gasteiger partial charge >= 0.3 is 0 Å². The first-order valence-electron chi connectivity index (χ1n) is 5.43. The Morgan fingerprint density at radius 1 is 1.17 bits per heavy atom. The summed E-state index contributed by atoms with van der Waals surface area (Å²) < 4.78 is 0. The number of nitrogens with zero attached hydrogens (tertiary/aromatic N) is 1. The van der Waals surface area contributed by atoms with Crippen LogP contribution in [0.5, 0.6) is 0 Å². The summed E-state index contributed by atoms with van der Waals surface area (Å²) in [5.74, 6) is -0.204. The van der Waals surface area contributed by atoms with Gasteiger partial charge in [-0.3, -0.25) is 9.78 Å². The van der Waals surface area contributed by atoms with Gasteiger partial charge in [0.25, 0.3) is 5.91 Å². The van der Waals surface area contributed by atoms with E-state index in [1.165, 1.54) is 0 Å². The van der Waals surface area contributed by atoms with E-state index in [1.807, 2.05) is 24.3 Å². The molecule has 0 atom stereocenters. The molecule has 0 saturated carbocycles. The summed E-state index contributed by atoms with van der Waals surface area (Å²) in [5, 5.41) is 5.74. The Labute approximate surface area is 111 Å². The molecule has 2 N–H and O–H groups in total. The summed E-state index contributed by atoms with van der Waals surface area (Å²) in [6.07, 6.45) is 1.60. The lowest BCUT2D eigenvalue weighted by Crippen LogP contribution is -2.19. The third-order valence-electron chi connectivity index (χ3n) is 2.38. The second kappa shape index (κ2) is 5.55. The molecule has 4 nitrogen and oxygen atoms in total. The van der Waals surface area contributed by atoms with Crippen molar-refractivity contribution in [1.29, 1.82) is 0 Å². The summed E-state index contributed by atoms with van der Waals surface area (Å²) in [6, 6.07) is 11.1. The highest BCUT2D eigenvalue weighted by molar-refractivity contribution is 7.80. The van der Waals surface area contributed by atoms with E-state index < -0.39 is 0 Å². The summed E-state index contributed by atoms with van der Waals surface area (Å²) in [6.45, 7) is 0. The topological polar surface area (TPSA) is 54.0 Å². The SMILES string of the molecule is CNC(=O)c1cc(Nc2ccc(S)cc2)ccn1. The summed E-state index contributed by atoms with van der Waals surface area (Å²) in [7, 11) is 1.58. The maximum atomic E-state index is 11.5. The number of carbonyl (C=O) groups is 1. The zero-order chi connectivity index (χ0) is 13.0. The molecule has 1 amide bonds. The molecule has 1 aromatic carbocycles. The molecule has 0 bridgehead atoms. The van der Waals surface area contributed by atoms with Gasteiger partial charge in [-0.1, -0.05) is 0 Å². The Morgan fingerprint density at radius 2 is 1.89 bits per heavy atom. The standard InChI is InChI=1S/C13H13N3OS/c1-14-13(17)12-8-10(6-7-15-12)16-9-2-4-11(18)5-3-9/h2-8,18H,1H3,(H,14,17)(H,15,16). The van der Waals surface area contributed by atoms with E-state index in [2.05, 4.69) is 28.2 Å². The van der Waals surface area contributed by atoms with Gasteiger partial charge in [0.1, 0.15) is 5.69 Å². The van der Waals surface area contributed by atoms with Crippen LogP contribution in [0.4, 0.5) is 11.4 Å². The smallest absolute Gasteiger partial charge is 0.269 e. The zero-order valence-electron chi connectivity index (χ0n) is 9.84. The lowest BCUT2D eigenvalue weighted by atomic mass is 10.2. The molecular weight excluding hydrogens is 246 g/mol. The molecule has 2 aromatic rings. The summed E-state index contributed by atoms with van der Waals surface area (Å²) in [5.41, 5.74) is 2.13. The largest absolute Gasteiger partial charge is 0.355 e. The first-order valence-corrected chi connectivity index (χ1v) is 5.88. The summed E-state index contributed by atoms with van der Waals surface area (Å²) >= 11 is 4.22. The van der Waals surface area contributed by atoms with Crippen LogP contribution in [-0.2, 0) is 0 Å². The van der Waals surface area contributed by atoms with E-state index in [-0.39, 0.29) is 5.91 Å². The molecule has 0 saturated heterocycles. The number of hydrogen-bond acceptors (Lipinski definition) is 4. The van der Waals surface area contributed by atoms with E-state index in [1.54, 1.807) is 25.4 Å². The van der Waals surface area contributed by atoms with Gasteiger partial charge in [-0.2, -0.15) is 0 Å². The second-order valence-electron chi connectivity index (χ2n) is 3.68. The molecule has 0 fully saturated rings. The zero-order valence-corrected chi connectivity index (χ0v) is 10.7. The number of aromatic nitrogens is 1. The maximum Gasteiger partial charge on any atom is 0.269 e. The molecule has 0 aliphatic carbocycles. The Kier molecular flexibility index (Phi) is 3.84. The second-order valence-corrected chi connectivity index (χ2v) is 4.20. The van der Waals surface area contributed by atoms with Crippen molar-refractivity contribution in [2.45, 2.75) is 4.90 Å². The molecule has 2 rings (SSSR count). The van der Waals surface area contributed by atoms with Crippen molar-refractivity contribution >= 4 is 29.9 Å². The molecule has 0 aliphatic rings. The quantitative estimate of drug-likeness (QED) is 0.742. The Hall–Kier alpha value is -2.01. The molecule has 5 heteroatoms. The summed E-state index contributed by atoms with van der Waals surface area (Å²) in [4.78, 5) is 16.4. The minimum Gasteiger partial charge on any atom is -0.355 e. The van der Waals surface area contributed by atoms with Gasteiger partial charge in [-0.15, -0.1) is 12.6 Å². The normalized spacial score (nSPS) is 9.89. The predicted molar refractivity (Wildman–Crippen MR) is 74.6 cm³/mol. The highest BCUT2D eigenvalue weighted by atomic mass is 32.1. The third kappa shape index (κ3) is 3.01. The lowest BCUT2D eigenvalue weighted by Gasteiger charge is -2.07. The van der Waals surface area contributed by atoms with Crippen molar-refractivity contribution in [3.05, 3.63) is 48.3 Å². The van der Waals surface area contributed by atoms with Crippen LogP contribution in [0, 0.1) is 0 Å². The van der Waals surface area contributed by atoms with Crippen LogP contribution >= 0.6 is 12.6 Å². The molecule has 92 valence electrons. The average molecular weight is 259 g/mol. The molecule has 0 spiro atoms. The highest BCUT2D eigenvalue weighted by Crippen LogP contribution is 2.18. The Morgan fingerprint density at radius 3 is 2.56 bits per heavy atom. The number of anilines is 2. The fraction of sp³-hybridized carbons (Fsp3) is 0.0769. The van der Waals surface area contributed by atoms with Gasteiger partial charge in [0.05, 0.1) is 0 Å². The van der Waals surface area contributed by atoms with Crippen LogP contribution in [-0.4, -0.2) is 17.9 Å². The average Bonchev–Trinajstić information content (AvgIpc) is 2.41. The molecular formula is C13H13N3OS. The Balaban J connectivity index is 2.19. The van der Waals surface area contributed by atoms with Crippen molar-refractivity contribution in [3.63, 3.8) is 0 Å². The number of thiol groups is 1. The molecule has 1 heterocycles. The van der Waals surface area contributed by atoms with Gasteiger partial charge in [0.15, 0.2) is 0 Å². The van der Waals surface area contributed by atoms with E-state index in [0.717, 1.165) is 16.3 Å². The van der Waals surface area contributed by atoms with Gasteiger partial charge in [-0.25, -0.2) is 0 Å². The van der Waals surface area contributed by atoms with E-state index in [4.69, 9.17) is 0 Å². The fourth-order valence-corrected chi connectivity index (χ4v) is 1.62. The van der Waals surface area contributed by atoms with Gasteiger partial charge in [0, 0.05) is 29.5 Å². The monoisotopic (exact) mass is 259 g/mol. The number of benzene rings is 1. The van der Waals surface area contributed by atoms with Crippen LogP contribution in [0.25, 0.3) is 0 Å².